The minimum Gasteiger partial charge on any atom is -0.444 e. The predicted molar refractivity (Wildman–Crippen MR) is 150 cm³/mol. The van der Waals surface area contributed by atoms with Crippen LogP contribution in [0.2, 0.25) is 18.1 Å². The number of halogens is 1. The van der Waals surface area contributed by atoms with Crippen molar-refractivity contribution in [3.63, 3.8) is 0 Å². The van der Waals surface area contributed by atoms with Gasteiger partial charge in [0.05, 0.1) is 12.6 Å². The summed E-state index contributed by atoms with van der Waals surface area (Å²) in [7, 11) is -2.32. The Bertz CT molecular complexity index is 1130. The maximum atomic E-state index is 13.6. The zero-order valence-electron chi connectivity index (χ0n) is 24.3. The van der Waals surface area contributed by atoms with Crippen molar-refractivity contribution in [2.45, 2.75) is 96.5 Å². The molecule has 2 aromatic rings. The molecule has 1 N–H and O–H groups in total. The fourth-order valence-electron chi connectivity index (χ4n) is 4.18. The summed E-state index contributed by atoms with van der Waals surface area (Å²) < 4.78 is 32.1. The minimum absolute atomic E-state index is 0.0973. The van der Waals surface area contributed by atoms with Gasteiger partial charge in [-0.05, 0) is 74.7 Å². The van der Waals surface area contributed by atoms with Crippen molar-refractivity contribution in [3.05, 3.63) is 65.7 Å². The third-order valence-electron chi connectivity index (χ3n) is 7.14. The lowest BCUT2D eigenvalue weighted by Crippen LogP contribution is -2.49. The molecule has 39 heavy (non-hydrogen) atoms. The van der Waals surface area contributed by atoms with Crippen LogP contribution in [-0.2, 0) is 26.9 Å². The molecule has 0 radical (unpaired) electrons. The van der Waals surface area contributed by atoms with E-state index in [0.29, 0.717) is 12.0 Å². The Balaban J connectivity index is 1.91. The predicted octanol–water partition coefficient (Wildman–Crippen LogP) is 6.07. The molecule has 0 bridgehead atoms. The highest BCUT2D eigenvalue weighted by Crippen LogP contribution is 2.40. The third-order valence-corrected chi connectivity index (χ3v) is 11.6. The summed E-state index contributed by atoms with van der Waals surface area (Å²) >= 11 is 0. The highest BCUT2D eigenvalue weighted by atomic mass is 28.4. The largest absolute Gasteiger partial charge is 0.444 e. The van der Waals surface area contributed by atoms with Gasteiger partial charge in [-0.1, -0.05) is 39.0 Å². The number of carbonyl (C=O) groups is 2. The van der Waals surface area contributed by atoms with Gasteiger partial charge in [0.2, 0.25) is 0 Å². The first kappa shape index (κ1) is 30.6. The quantitative estimate of drug-likeness (QED) is 0.414. The molecule has 0 aliphatic carbocycles. The molecule has 1 aliphatic heterocycles. The van der Waals surface area contributed by atoms with E-state index < -0.39 is 44.4 Å². The Morgan fingerprint density at radius 1 is 1.10 bits per heavy atom. The van der Waals surface area contributed by atoms with Gasteiger partial charge < -0.3 is 19.2 Å². The number of hydrogen-bond acceptors (Lipinski definition) is 6. The van der Waals surface area contributed by atoms with Crippen LogP contribution >= 0.6 is 0 Å². The van der Waals surface area contributed by atoms with Gasteiger partial charge in [0.15, 0.2) is 14.4 Å². The summed E-state index contributed by atoms with van der Waals surface area (Å²) in [6, 6.07) is 9.21. The second kappa shape index (κ2) is 12.0. The molecule has 8 nitrogen and oxygen atoms in total. The lowest BCUT2D eigenvalue weighted by molar-refractivity contribution is 0.00747. The molecule has 1 fully saturated rings. The van der Waals surface area contributed by atoms with E-state index in [1.54, 1.807) is 29.4 Å². The van der Waals surface area contributed by atoms with E-state index in [9.17, 15) is 14.0 Å². The van der Waals surface area contributed by atoms with Crippen LogP contribution in [0, 0.1) is 5.82 Å². The Morgan fingerprint density at radius 3 is 2.38 bits per heavy atom. The van der Waals surface area contributed by atoms with E-state index >= 15 is 0 Å². The number of carbonyl (C=O) groups excluding carboxylic acids is 2. The van der Waals surface area contributed by atoms with Crippen LogP contribution in [0.25, 0.3) is 0 Å². The summed E-state index contributed by atoms with van der Waals surface area (Å²) in [6.45, 7) is 16.4. The summed E-state index contributed by atoms with van der Waals surface area (Å²) in [5.74, 6) is -0.383. The van der Waals surface area contributed by atoms with E-state index in [0.717, 1.165) is 5.56 Å². The molecule has 0 saturated carbocycles. The summed E-state index contributed by atoms with van der Waals surface area (Å²) in [4.78, 5) is 32.3. The van der Waals surface area contributed by atoms with Gasteiger partial charge in [0.1, 0.15) is 17.5 Å². The Morgan fingerprint density at radius 2 is 1.79 bits per heavy atom. The Labute approximate surface area is 232 Å². The molecule has 2 amide bonds. The number of hydrogen-bond donors (Lipinski definition) is 1. The van der Waals surface area contributed by atoms with Crippen molar-refractivity contribution in [3.8, 4) is 0 Å². The monoisotopic (exact) mass is 559 g/mol. The normalized spacial score (nSPS) is 20.0. The van der Waals surface area contributed by atoms with Gasteiger partial charge in [0, 0.05) is 18.9 Å². The maximum Gasteiger partial charge on any atom is 0.410 e. The summed E-state index contributed by atoms with van der Waals surface area (Å²) in [6.07, 6.45) is 1.32. The Hall–Kier alpha value is -2.98. The summed E-state index contributed by atoms with van der Waals surface area (Å²) in [5.41, 5.74) is 0.792. The zero-order valence-corrected chi connectivity index (χ0v) is 25.3. The molecule has 1 saturated heterocycles. The van der Waals surface area contributed by atoms with E-state index in [2.05, 4.69) is 44.2 Å². The first-order valence-electron chi connectivity index (χ1n) is 13.3. The van der Waals surface area contributed by atoms with E-state index in [1.165, 1.54) is 12.1 Å². The molecule has 2 heterocycles. The molecule has 10 heteroatoms. The molecule has 0 unspecified atom stereocenters. The van der Waals surface area contributed by atoms with Gasteiger partial charge in [-0.2, -0.15) is 0 Å². The van der Waals surface area contributed by atoms with Crippen LogP contribution in [-0.4, -0.2) is 60.8 Å². The zero-order chi connectivity index (χ0) is 29.0. The number of ether oxygens (including phenoxy) is 2. The van der Waals surface area contributed by atoms with Gasteiger partial charge in [-0.25, -0.2) is 14.0 Å². The van der Waals surface area contributed by atoms with Crippen molar-refractivity contribution >= 4 is 20.5 Å². The molecule has 214 valence electrons. The van der Waals surface area contributed by atoms with Crippen LogP contribution < -0.4 is 5.32 Å². The van der Waals surface area contributed by atoms with Crippen LogP contribution in [0.1, 0.15) is 52.7 Å². The van der Waals surface area contributed by atoms with Crippen LogP contribution in [0.3, 0.4) is 0 Å². The topological polar surface area (TPSA) is 90.0 Å². The number of nitrogens with zero attached hydrogens (tertiary/aromatic N) is 2. The van der Waals surface area contributed by atoms with Crippen molar-refractivity contribution < 1.29 is 27.9 Å². The van der Waals surface area contributed by atoms with Crippen molar-refractivity contribution in [2.75, 3.05) is 6.54 Å². The van der Waals surface area contributed by atoms with Crippen molar-refractivity contribution in [2.24, 2.45) is 0 Å². The van der Waals surface area contributed by atoms with Gasteiger partial charge >= 0.3 is 12.2 Å². The van der Waals surface area contributed by atoms with E-state index in [4.69, 9.17) is 13.9 Å². The van der Waals surface area contributed by atoms with Crippen molar-refractivity contribution in [1.29, 1.82) is 0 Å². The van der Waals surface area contributed by atoms with Gasteiger partial charge in [-0.15, -0.1) is 0 Å². The Kier molecular flexibility index (Phi) is 9.43. The van der Waals surface area contributed by atoms with Gasteiger partial charge in [-0.3, -0.25) is 9.88 Å². The molecule has 3 rings (SSSR count). The molecule has 1 aromatic carbocycles. The lowest BCUT2D eigenvalue weighted by atomic mass is 10.0. The number of likely N-dealkylation sites (tertiary alicyclic amines) is 1. The molecule has 3 atom stereocenters. The smallest absolute Gasteiger partial charge is 0.410 e. The molecular formula is C29H42FN3O5Si. The fraction of sp³-hybridized carbons (Fsp3) is 0.552. The van der Waals surface area contributed by atoms with Crippen LogP contribution in [0.5, 0.6) is 0 Å². The first-order valence-corrected chi connectivity index (χ1v) is 16.2. The van der Waals surface area contributed by atoms with Gasteiger partial charge in [0.25, 0.3) is 0 Å². The number of pyridine rings is 1. The number of amides is 2. The maximum absolute atomic E-state index is 13.6. The van der Waals surface area contributed by atoms with Crippen molar-refractivity contribution in [1.82, 2.24) is 15.2 Å². The second-order valence-electron chi connectivity index (χ2n) is 12.5. The molecule has 1 aromatic heterocycles. The van der Waals surface area contributed by atoms with E-state index in [-0.39, 0.29) is 23.9 Å². The molecule has 1 aliphatic rings. The lowest BCUT2D eigenvalue weighted by Gasteiger charge is -2.39. The number of benzene rings is 1. The number of alkyl carbamates (subject to hydrolysis) is 1. The van der Waals surface area contributed by atoms with Crippen LogP contribution in [0.15, 0.2) is 48.8 Å². The highest BCUT2D eigenvalue weighted by Gasteiger charge is 2.51. The standard InChI is InChI=1S/C29H42FN3O5Si/c1-28(2,3)37-27(35)33-19-24(38-39(7,8)29(4,5)6)25(23(33)16-21-12-10-14-31-17-21)36-26(34)32-18-20-11-9-13-22(30)15-20/h9-15,17,23-25H,16,18-19H2,1-8H3,(H,32,34)/t23-,24+,25+/m1/s1. The fourth-order valence-corrected chi connectivity index (χ4v) is 5.49. The average Bonchev–Trinajstić information content (AvgIpc) is 3.13. The molecular weight excluding hydrogens is 517 g/mol. The molecule has 0 spiro atoms. The number of aromatic nitrogens is 1. The first-order chi connectivity index (χ1) is 18.1. The third kappa shape index (κ3) is 8.50. The minimum atomic E-state index is -2.32. The van der Waals surface area contributed by atoms with E-state index in [1.807, 2.05) is 32.9 Å². The number of rotatable bonds is 7. The average molecular weight is 560 g/mol. The van der Waals surface area contributed by atoms with Crippen LogP contribution in [0.4, 0.5) is 14.0 Å². The SMILES string of the molecule is CC(C)(C)OC(=O)N1C[C@H](O[Si](C)(C)C(C)(C)C)[C@@H](OC(=O)NCc2cccc(F)c2)[C@H]1Cc1cccnc1. The number of nitrogens with one attached hydrogen (secondary N) is 1. The summed E-state index contributed by atoms with van der Waals surface area (Å²) in [5, 5.41) is 2.61. The highest BCUT2D eigenvalue weighted by molar-refractivity contribution is 6.74. The second-order valence-corrected chi connectivity index (χ2v) is 17.3.